The average molecular weight is 266 g/mol. The van der Waals surface area contributed by atoms with E-state index in [0.29, 0.717) is 6.04 Å². The summed E-state index contributed by atoms with van der Waals surface area (Å²) in [6.07, 6.45) is 2.18. The highest BCUT2D eigenvalue weighted by Crippen LogP contribution is 2.17. The van der Waals surface area contributed by atoms with Gasteiger partial charge in [0.05, 0.1) is 6.07 Å². The SMILES string of the molecule is CCNC(C)(C#N)CCN1CCC(N(CC)CC)C1. The molecular weight excluding hydrogens is 236 g/mol. The Balaban J connectivity index is 2.38. The lowest BCUT2D eigenvalue weighted by atomic mass is 9.99. The van der Waals surface area contributed by atoms with Crippen LogP contribution < -0.4 is 5.32 Å². The van der Waals surface area contributed by atoms with Gasteiger partial charge >= 0.3 is 0 Å². The molecule has 2 atom stereocenters. The lowest BCUT2D eigenvalue weighted by Gasteiger charge is -2.28. The predicted octanol–water partition coefficient (Wildman–Crippen LogP) is 1.68. The molecule has 0 aromatic rings. The normalized spacial score (nSPS) is 23.5. The van der Waals surface area contributed by atoms with E-state index in [1.54, 1.807) is 0 Å². The number of likely N-dealkylation sites (N-methyl/N-ethyl adjacent to an activating group) is 1. The Kier molecular flexibility index (Phi) is 6.78. The number of nitrogens with one attached hydrogen (secondary N) is 1. The molecule has 0 aromatic carbocycles. The van der Waals surface area contributed by atoms with Gasteiger partial charge in [0, 0.05) is 19.1 Å². The Labute approximate surface area is 118 Å². The van der Waals surface area contributed by atoms with Gasteiger partial charge in [-0.15, -0.1) is 0 Å². The summed E-state index contributed by atoms with van der Waals surface area (Å²) in [5.41, 5.74) is -0.373. The monoisotopic (exact) mass is 266 g/mol. The van der Waals surface area contributed by atoms with Crippen molar-refractivity contribution in [1.82, 2.24) is 15.1 Å². The van der Waals surface area contributed by atoms with Crippen molar-refractivity contribution in [1.29, 1.82) is 5.26 Å². The molecule has 110 valence electrons. The van der Waals surface area contributed by atoms with Crippen molar-refractivity contribution < 1.29 is 0 Å². The molecule has 1 rings (SSSR count). The summed E-state index contributed by atoms with van der Waals surface area (Å²) in [7, 11) is 0. The molecule has 1 fully saturated rings. The number of hydrogen-bond donors (Lipinski definition) is 1. The third-order valence-corrected chi connectivity index (χ3v) is 4.32. The van der Waals surface area contributed by atoms with Gasteiger partial charge in [-0.3, -0.25) is 10.2 Å². The summed E-state index contributed by atoms with van der Waals surface area (Å²) in [4.78, 5) is 5.06. The highest BCUT2D eigenvalue weighted by atomic mass is 15.2. The minimum Gasteiger partial charge on any atom is -0.302 e. The van der Waals surface area contributed by atoms with Crippen LogP contribution in [0.1, 0.15) is 40.5 Å². The summed E-state index contributed by atoms with van der Waals surface area (Å²) >= 11 is 0. The standard InChI is InChI=1S/C15H30N4/c1-5-17-15(4,13-16)9-11-18-10-8-14(12-18)19(6-2)7-3/h14,17H,5-12H2,1-4H3. The Morgan fingerprint density at radius 1 is 1.37 bits per heavy atom. The fourth-order valence-corrected chi connectivity index (χ4v) is 3.01. The number of likely N-dealkylation sites (tertiary alicyclic amines) is 1. The topological polar surface area (TPSA) is 42.3 Å². The molecule has 0 radical (unpaired) electrons. The Morgan fingerprint density at radius 2 is 2.05 bits per heavy atom. The second-order valence-electron chi connectivity index (χ2n) is 5.69. The van der Waals surface area contributed by atoms with E-state index in [1.165, 1.54) is 13.0 Å². The van der Waals surface area contributed by atoms with E-state index in [4.69, 9.17) is 0 Å². The molecular formula is C15H30N4. The van der Waals surface area contributed by atoms with Gasteiger partial charge < -0.3 is 4.90 Å². The van der Waals surface area contributed by atoms with E-state index in [-0.39, 0.29) is 5.54 Å². The molecule has 0 spiro atoms. The zero-order valence-corrected chi connectivity index (χ0v) is 13.1. The van der Waals surface area contributed by atoms with E-state index in [1.807, 2.05) is 6.92 Å². The van der Waals surface area contributed by atoms with Crippen LogP contribution in [0, 0.1) is 11.3 Å². The first-order chi connectivity index (χ1) is 9.08. The number of nitrogens with zero attached hydrogens (tertiary/aromatic N) is 3. The van der Waals surface area contributed by atoms with Crippen LogP contribution in [0.4, 0.5) is 0 Å². The number of rotatable bonds is 8. The summed E-state index contributed by atoms with van der Waals surface area (Å²) in [5, 5.41) is 12.6. The van der Waals surface area contributed by atoms with Gasteiger partial charge in [0.15, 0.2) is 0 Å². The van der Waals surface area contributed by atoms with Crippen LogP contribution in [0.2, 0.25) is 0 Å². The van der Waals surface area contributed by atoms with E-state index >= 15 is 0 Å². The van der Waals surface area contributed by atoms with E-state index in [2.05, 4.69) is 42.0 Å². The maximum atomic E-state index is 9.27. The fourth-order valence-electron chi connectivity index (χ4n) is 3.01. The molecule has 2 unspecified atom stereocenters. The van der Waals surface area contributed by atoms with Crippen LogP contribution in [-0.4, -0.2) is 60.6 Å². The van der Waals surface area contributed by atoms with Crippen molar-refractivity contribution in [2.45, 2.75) is 52.1 Å². The van der Waals surface area contributed by atoms with Crippen LogP contribution in [0.5, 0.6) is 0 Å². The minimum absolute atomic E-state index is 0.373. The molecule has 0 aromatic heterocycles. The van der Waals surface area contributed by atoms with Gasteiger partial charge in [0.25, 0.3) is 0 Å². The molecule has 0 aliphatic carbocycles. The maximum absolute atomic E-state index is 9.27. The molecule has 0 bridgehead atoms. The zero-order valence-electron chi connectivity index (χ0n) is 13.1. The van der Waals surface area contributed by atoms with Gasteiger partial charge in [-0.25, -0.2) is 0 Å². The summed E-state index contributed by atoms with van der Waals surface area (Å²) < 4.78 is 0. The van der Waals surface area contributed by atoms with Crippen molar-refractivity contribution in [2.24, 2.45) is 0 Å². The van der Waals surface area contributed by atoms with Gasteiger partial charge in [-0.05, 0) is 45.9 Å². The second kappa shape index (κ2) is 7.84. The van der Waals surface area contributed by atoms with E-state index < -0.39 is 0 Å². The van der Waals surface area contributed by atoms with Crippen molar-refractivity contribution >= 4 is 0 Å². The molecule has 1 aliphatic heterocycles. The summed E-state index contributed by atoms with van der Waals surface area (Å²) in [6, 6.07) is 3.12. The van der Waals surface area contributed by atoms with Gasteiger partial charge in [0.2, 0.25) is 0 Å². The third kappa shape index (κ3) is 4.76. The number of hydrogen-bond acceptors (Lipinski definition) is 4. The molecule has 0 amide bonds. The van der Waals surface area contributed by atoms with Gasteiger partial charge in [-0.1, -0.05) is 20.8 Å². The third-order valence-electron chi connectivity index (χ3n) is 4.32. The van der Waals surface area contributed by atoms with Crippen LogP contribution in [0.3, 0.4) is 0 Å². The zero-order chi connectivity index (χ0) is 14.3. The lowest BCUT2D eigenvalue weighted by molar-refractivity contribution is 0.206. The molecule has 1 aliphatic rings. The maximum Gasteiger partial charge on any atom is 0.105 e. The first kappa shape index (κ1) is 16.4. The van der Waals surface area contributed by atoms with Crippen molar-refractivity contribution in [3.63, 3.8) is 0 Å². The molecule has 1 heterocycles. The van der Waals surface area contributed by atoms with Crippen LogP contribution in [0.25, 0.3) is 0 Å². The first-order valence-corrected chi connectivity index (χ1v) is 7.71. The molecule has 1 N–H and O–H groups in total. The summed E-state index contributed by atoms with van der Waals surface area (Å²) in [5.74, 6) is 0. The quantitative estimate of drug-likeness (QED) is 0.726. The summed E-state index contributed by atoms with van der Waals surface area (Å²) in [6.45, 7) is 15.0. The van der Waals surface area contributed by atoms with Crippen LogP contribution in [0.15, 0.2) is 0 Å². The fraction of sp³-hybridized carbons (Fsp3) is 0.933. The van der Waals surface area contributed by atoms with Crippen LogP contribution >= 0.6 is 0 Å². The first-order valence-electron chi connectivity index (χ1n) is 7.71. The minimum atomic E-state index is -0.373. The molecule has 19 heavy (non-hydrogen) atoms. The Hall–Kier alpha value is -0.630. The van der Waals surface area contributed by atoms with Crippen molar-refractivity contribution in [3.05, 3.63) is 0 Å². The van der Waals surface area contributed by atoms with Crippen molar-refractivity contribution in [3.8, 4) is 6.07 Å². The molecule has 4 nitrogen and oxygen atoms in total. The van der Waals surface area contributed by atoms with Gasteiger partial charge in [-0.2, -0.15) is 5.26 Å². The van der Waals surface area contributed by atoms with Crippen LogP contribution in [-0.2, 0) is 0 Å². The molecule has 1 saturated heterocycles. The Bertz CT molecular complexity index is 295. The van der Waals surface area contributed by atoms with E-state index in [9.17, 15) is 5.26 Å². The molecule has 4 heteroatoms. The van der Waals surface area contributed by atoms with Crippen molar-refractivity contribution in [2.75, 3.05) is 39.3 Å². The smallest absolute Gasteiger partial charge is 0.105 e. The predicted molar refractivity (Wildman–Crippen MR) is 80.1 cm³/mol. The highest BCUT2D eigenvalue weighted by Gasteiger charge is 2.28. The molecule has 0 saturated carbocycles. The number of nitriles is 1. The lowest BCUT2D eigenvalue weighted by Crippen LogP contribution is -2.44. The Morgan fingerprint density at radius 3 is 2.58 bits per heavy atom. The largest absolute Gasteiger partial charge is 0.302 e. The highest BCUT2D eigenvalue weighted by molar-refractivity contribution is 5.04. The van der Waals surface area contributed by atoms with Gasteiger partial charge in [0.1, 0.15) is 5.54 Å². The van der Waals surface area contributed by atoms with E-state index in [0.717, 1.165) is 39.1 Å². The second-order valence-corrected chi connectivity index (χ2v) is 5.69. The average Bonchev–Trinajstić information content (AvgIpc) is 2.87.